The fraction of sp³-hybridized carbons (Fsp3) is 0.600. The number of rotatable bonds is 0. The van der Waals surface area contributed by atoms with Crippen LogP contribution in [0.5, 0.6) is 0 Å². The van der Waals surface area contributed by atoms with E-state index in [0.29, 0.717) is 6.17 Å². The summed E-state index contributed by atoms with van der Waals surface area (Å²) in [5.74, 6) is 0. The molecule has 0 aromatic rings. The van der Waals surface area contributed by atoms with Crippen molar-refractivity contribution in [2.24, 2.45) is 0 Å². The third-order valence-corrected chi connectivity index (χ3v) is 2.22. The normalized spacial score (nSPS) is 27.6. The smallest absolute Gasteiger partial charge is 0.108 e. The summed E-state index contributed by atoms with van der Waals surface area (Å²) in [4.78, 5) is 2.12. The second kappa shape index (κ2) is 1.97. The van der Waals surface area contributed by atoms with E-state index in [9.17, 15) is 0 Å². The lowest BCUT2D eigenvalue weighted by molar-refractivity contribution is 0.293. The van der Waals surface area contributed by atoms with Gasteiger partial charge >= 0.3 is 0 Å². The second-order valence-electron chi connectivity index (χ2n) is 1.94. The van der Waals surface area contributed by atoms with Crippen LogP contribution in [-0.2, 0) is 0 Å². The van der Waals surface area contributed by atoms with E-state index in [0.717, 1.165) is 0 Å². The number of nitrogens with zero attached hydrogens (tertiary/aromatic N) is 2. The molecule has 1 aliphatic rings. The van der Waals surface area contributed by atoms with Crippen LogP contribution >= 0.6 is 16.1 Å². The standard InChI is InChI=1S/C5H9BrN2/c1-5-7(2)3-4-8(5)6/h3-5H,1-2H3. The molecule has 1 unspecified atom stereocenters. The molecular formula is C5H9BrN2. The topological polar surface area (TPSA) is 6.48 Å². The largest absolute Gasteiger partial charge is 0.359 e. The van der Waals surface area contributed by atoms with Crippen LogP contribution in [0.3, 0.4) is 0 Å². The number of hydrogen-bond donors (Lipinski definition) is 0. The van der Waals surface area contributed by atoms with E-state index in [2.05, 4.69) is 28.0 Å². The second-order valence-corrected chi connectivity index (χ2v) is 2.76. The molecule has 0 N–H and O–H groups in total. The van der Waals surface area contributed by atoms with Gasteiger partial charge in [-0.3, -0.25) is 3.93 Å². The van der Waals surface area contributed by atoms with E-state index in [1.165, 1.54) is 0 Å². The van der Waals surface area contributed by atoms with E-state index >= 15 is 0 Å². The van der Waals surface area contributed by atoms with Gasteiger partial charge in [0.05, 0.1) is 16.1 Å². The van der Waals surface area contributed by atoms with Crippen molar-refractivity contribution in [2.75, 3.05) is 7.05 Å². The Morgan fingerprint density at radius 3 is 2.25 bits per heavy atom. The van der Waals surface area contributed by atoms with Gasteiger partial charge in [-0.25, -0.2) is 0 Å². The first-order valence-electron chi connectivity index (χ1n) is 2.56. The molecule has 0 spiro atoms. The summed E-state index contributed by atoms with van der Waals surface area (Å²) in [5.41, 5.74) is 0. The molecule has 0 aliphatic carbocycles. The lowest BCUT2D eigenvalue weighted by Gasteiger charge is -2.20. The minimum absolute atomic E-state index is 0.454. The van der Waals surface area contributed by atoms with Crippen LogP contribution in [0, 0.1) is 0 Å². The molecule has 0 radical (unpaired) electrons. The molecule has 46 valence electrons. The maximum absolute atomic E-state index is 3.35. The van der Waals surface area contributed by atoms with Crippen LogP contribution in [0.25, 0.3) is 0 Å². The maximum atomic E-state index is 3.35. The molecule has 1 atom stereocenters. The maximum Gasteiger partial charge on any atom is 0.108 e. The minimum Gasteiger partial charge on any atom is -0.359 e. The first-order chi connectivity index (χ1) is 3.72. The van der Waals surface area contributed by atoms with Gasteiger partial charge < -0.3 is 4.90 Å². The Labute approximate surface area is 58.1 Å². The van der Waals surface area contributed by atoms with Gasteiger partial charge in [0.25, 0.3) is 0 Å². The summed E-state index contributed by atoms with van der Waals surface area (Å²) in [6, 6.07) is 0. The number of hydrogen-bond acceptors (Lipinski definition) is 2. The molecule has 1 heterocycles. The summed E-state index contributed by atoms with van der Waals surface area (Å²) in [7, 11) is 2.04. The van der Waals surface area contributed by atoms with Gasteiger partial charge in [0.1, 0.15) is 6.17 Å². The van der Waals surface area contributed by atoms with Crippen molar-refractivity contribution in [1.82, 2.24) is 8.83 Å². The summed E-state index contributed by atoms with van der Waals surface area (Å²) in [6.07, 6.45) is 4.47. The molecule has 8 heavy (non-hydrogen) atoms. The average Bonchev–Trinajstić information content (AvgIpc) is 1.98. The fourth-order valence-electron chi connectivity index (χ4n) is 0.592. The zero-order chi connectivity index (χ0) is 6.15. The molecule has 0 bridgehead atoms. The zero-order valence-electron chi connectivity index (χ0n) is 5.00. The predicted octanol–water partition coefficient (Wildman–Crippen LogP) is 1.36. The van der Waals surface area contributed by atoms with E-state index < -0.39 is 0 Å². The SMILES string of the molecule is CC1N(C)C=CN1Br. The molecule has 0 aromatic heterocycles. The Hall–Kier alpha value is -0.180. The highest BCUT2D eigenvalue weighted by molar-refractivity contribution is 9.07. The highest BCUT2D eigenvalue weighted by Gasteiger charge is 2.14. The van der Waals surface area contributed by atoms with Crippen LogP contribution in [0.15, 0.2) is 12.4 Å². The molecule has 2 nitrogen and oxygen atoms in total. The molecular weight excluding hydrogens is 168 g/mol. The Bertz CT molecular complexity index is 101. The first kappa shape index (κ1) is 5.95. The quantitative estimate of drug-likeness (QED) is 0.515. The molecule has 0 aromatic carbocycles. The molecule has 0 saturated heterocycles. The summed E-state index contributed by atoms with van der Waals surface area (Å²) in [5, 5.41) is 0. The van der Waals surface area contributed by atoms with Crippen molar-refractivity contribution >= 4 is 16.1 Å². The molecule has 0 fully saturated rings. The van der Waals surface area contributed by atoms with Crippen molar-refractivity contribution in [3.63, 3.8) is 0 Å². The summed E-state index contributed by atoms with van der Waals surface area (Å²) in [6.45, 7) is 2.12. The van der Waals surface area contributed by atoms with Gasteiger partial charge in [0.15, 0.2) is 0 Å². The van der Waals surface area contributed by atoms with Gasteiger partial charge in [-0.15, -0.1) is 0 Å². The van der Waals surface area contributed by atoms with Crippen molar-refractivity contribution < 1.29 is 0 Å². The minimum atomic E-state index is 0.454. The zero-order valence-corrected chi connectivity index (χ0v) is 6.59. The van der Waals surface area contributed by atoms with Gasteiger partial charge in [0, 0.05) is 19.4 Å². The van der Waals surface area contributed by atoms with Crippen LogP contribution in [0.1, 0.15) is 6.92 Å². The summed E-state index contributed by atoms with van der Waals surface area (Å²) < 4.78 is 1.98. The van der Waals surface area contributed by atoms with Gasteiger partial charge in [-0.05, 0) is 6.92 Å². The molecule has 3 heteroatoms. The van der Waals surface area contributed by atoms with E-state index in [1.807, 2.05) is 23.4 Å². The lowest BCUT2D eigenvalue weighted by atomic mass is 10.6. The predicted molar refractivity (Wildman–Crippen MR) is 37.1 cm³/mol. The van der Waals surface area contributed by atoms with Gasteiger partial charge in [-0.1, -0.05) is 0 Å². The van der Waals surface area contributed by atoms with Gasteiger partial charge in [-0.2, -0.15) is 0 Å². The molecule has 0 saturated carbocycles. The molecule has 1 rings (SSSR count). The fourth-order valence-corrected chi connectivity index (χ4v) is 0.987. The number of halogens is 1. The van der Waals surface area contributed by atoms with Crippen molar-refractivity contribution in [3.05, 3.63) is 12.4 Å². The molecule has 1 aliphatic heterocycles. The third kappa shape index (κ3) is 0.823. The van der Waals surface area contributed by atoms with E-state index in [-0.39, 0.29) is 0 Å². The Morgan fingerprint density at radius 2 is 2.12 bits per heavy atom. The van der Waals surface area contributed by atoms with Crippen LogP contribution in [-0.4, -0.2) is 22.0 Å². The summed E-state index contributed by atoms with van der Waals surface area (Å²) >= 11 is 3.35. The first-order valence-corrected chi connectivity index (χ1v) is 3.27. The van der Waals surface area contributed by atoms with Crippen LogP contribution < -0.4 is 0 Å². The highest BCUT2D eigenvalue weighted by Crippen LogP contribution is 2.15. The van der Waals surface area contributed by atoms with Crippen LogP contribution in [0.4, 0.5) is 0 Å². The average molecular weight is 177 g/mol. The third-order valence-electron chi connectivity index (χ3n) is 1.39. The van der Waals surface area contributed by atoms with E-state index in [1.54, 1.807) is 0 Å². The van der Waals surface area contributed by atoms with Gasteiger partial charge in [0.2, 0.25) is 0 Å². The highest BCUT2D eigenvalue weighted by atomic mass is 79.9. The lowest BCUT2D eigenvalue weighted by Crippen LogP contribution is -2.26. The Balaban J connectivity index is 2.55. The van der Waals surface area contributed by atoms with Crippen molar-refractivity contribution in [2.45, 2.75) is 13.1 Å². The van der Waals surface area contributed by atoms with Crippen molar-refractivity contribution in [1.29, 1.82) is 0 Å². The Kier molecular flexibility index (Phi) is 1.47. The Morgan fingerprint density at radius 1 is 1.50 bits per heavy atom. The van der Waals surface area contributed by atoms with E-state index in [4.69, 9.17) is 0 Å². The monoisotopic (exact) mass is 176 g/mol. The van der Waals surface area contributed by atoms with Crippen LogP contribution in [0.2, 0.25) is 0 Å². The van der Waals surface area contributed by atoms with Crippen molar-refractivity contribution in [3.8, 4) is 0 Å². The molecule has 0 amide bonds.